The molecule has 3 nitrogen and oxygen atoms in total. The lowest BCUT2D eigenvalue weighted by molar-refractivity contribution is 0.551. The Morgan fingerprint density at radius 2 is 2.19 bits per heavy atom. The largest absolute Gasteiger partial charge is 0.472 e. The maximum Gasteiger partial charge on any atom is 0.123 e. The van der Waals surface area contributed by atoms with Gasteiger partial charge in [0.25, 0.3) is 0 Å². The van der Waals surface area contributed by atoms with E-state index in [1.807, 2.05) is 0 Å². The number of hydrogen-bond acceptors (Lipinski definition) is 3. The second-order valence-electron chi connectivity index (χ2n) is 3.32. The molecule has 0 amide bonds. The summed E-state index contributed by atoms with van der Waals surface area (Å²) in [4.78, 5) is 0. The lowest BCUT2D eigenvalue weighted by atomic mass is 10.0. The predicted molar refractivity (Wildman–Crippen MR) is 62.0 cm³/mol. The SMILES string of the molecule is NNC(c1ccoc1)c1cc(F)ccc1Br. The third-order valence-electron chi connectivity index (χ3n) is 2.31. The van der Waals surface area contributed by atoms with E-state index in [0.717, 1.165) is 15.6 Å². The quantitative estimate of drug-likeness (QED) is 0.673. The van der Waals surface area contributed by atoms with Gasteiger partial charge in [0.1, 0.15) is 5.82 Å². The van der Waals surface area contributed by atoms with Crippen molar-refractivity contribution in [1.82, 2.24) is 5.43 Å². The van der Waals surface area contributed by atoms with Crippen LogP contribution in [0.5, 0.6) is 0 Å². The van der Waals surface area contributed by atoms with Crippen LogP contribution in [0.15, 0.2) is 45.7 Å². The lowest BCUT2D eigenvalue weighted by Crippen LogP contribution is -2.28. The fraction of sp³-hybridized carbons (Fsp3) is 0.0909. The molecular weight excluding hydrogens is 275 g/mol. The molecule has 0 bridgehead atoms. The third-order valence-corrected chi connectivity index (χ3v) is 3.03. The molecule has 0 fully saturated rings. The van der Waals surface area contributed by atoms with Crippen LogP contribution >= 0.6 is 15.9 Å². The highest BCUT2D eigenvalue weighted by Gasteiger charge is 2.16. The molecule has 0 saturated heterocycles. The first-order valence-electron chi connectivity index (χ1n) is 4.65. The highest BCUT2D eigenvalue weighted by molar-refractivity contribution is 9.10. The zero-order valence-electron chi connectivity index (χ0n) is 8.28. The van der Waals surface area contributed by atoms with Crippen molar-refractivity contribution in [1.29, 1.82) is 0 Å². The monoisotopic (exact) mass is 284 g/mol. The smallest absolute Gasteiger partial charge is 0.123 e. The Hall–Kier alpha value is -1.17. The normalized spacial score (nSPS) is 12.7. The van der Waals surface area contributed by atoms with Gasteiger partial charge in [0.05, 0.1) is 18.6 Å². The van der Waals surface area contributed by atoms with Crippen molar-refractivity contribution in [3.8, 4) is 0 Å². The van der Waals surface area contributed by atoms with Crippen molar-refractivity contribution in [2.45, 2.75) is 6.04 Å². The molecule has 0 aliphatic carbocycles. The Morgan fingerprint density at radius 1 is 1.38 bits per heavy atom. The Bertz CT molecular complexity index is 473. The van der Waals surface area contributed by atoms with E-state index in [2.05, 4.69) is 21.4 Å². The van der Waals surface area contributed by atoms with Gasteiger partial charge in [0, 0.05) is 10.0 Å². The molecule has 1 aromatic heterocycles. The van der Waals surface area contributed by atoms with E-state index in [4.69, 9.17) is 10.3 Å². The Morgan fingerprint density at radius 3 is 2.81 bits per heavy atom. The van der Waals surface area contributed by atoms with Gasteiger partial charge in [-0.2, -0.15) is 0 Å². The molecule has 1 atom stereocenters. The number of rotatable bonds is 3. The summed E-state index contributed by atoms with van der Waals surface area (Å²) in [6, 6.07) is 5.94. The van der Waals surface area contributed by atoms with Crippen LogP contribution in [0.25, 0.3) is 0 Å². The van der Waals surface area contributed by atoms with Gasteiger partial charge in [-0.05, 0) is 29.8 Å². The van der Waals surface area contributed by atoms with E-state index in [1.165, 1.54) is 12.1 Å². The standard InChI is InChI=1S/C11H10BrFN2O/c12-10-2-1-8(13)5-9(10)11(15-14)7-3-4-16-6-7/h1-6,11,15H,14H2. The molecule has 0 aliphatic rings. The van der Waals surface area contributed by atoms with Crippen molar-refractivity contribution >= 4 is 15.9 Å². The molecule has 0 aliphatic heterocycles. The molecular formula is C11H10BrFN2O. The number of furan rings is 1. The second-order valence-corrected chi connectivity index (χ2v) is 4.18. The first-order valence-corrected chi connectivity index (χ1v) is 5.45. The van der Waals surface area contributed by atoms with Gasteiger partial charge in [0.15, 0.2) is 0 Å². The summed E-state index contributed by atoms with van der Waals surface area (Å²) in [7, 11) is 0. The molecule has 0 radical (unpaired) electrons. The molecule has 3 N–H and O–H groups in total. The summed E-state index contributed by atoms with van der Waals surface area (Å²) in [5.41, 5.74) is 4.20. The number of hydrazine groups is 1. The molecule has 5 heteroatoms. The predicted octanol–water partition coefficient (Wildman–Crippen LogP) is 2.73. The van der Waals surface area contributed by atoms with Crippen LogP contribution in [0.2, 0.25) is 0 Å². The van der Waals surface area contributed by atoms with Gasteiger partial charge in [-0.15, -0.1) is 0 Å². The summed E-state index contributed by atoms with van der Waals surface area (Å²) in [5, 5.41) is 0. The van der Waals surface area contributed by atoms with Crippen LogP contribution in [0.1, 0.15) is 17.2 Å². The number of hydrogen-bond donors (Lipinski definition) is 2. The third kappa shape index (κ3) is 2.16. The fourth-order valence-corrected chi connectivity index (χ4v) is 2.02. The number of benzene rings is 1. The van der Waals surface area contributed by atoms with Gasteiger partial charge in [-0.3, -0.25) is 5.84 Å². The van der Waals surface area contributed by atoms with E-state index in [9.17, 15) is 4.39 Å². The molecule has 2 rings (SSSR count). The van der Waals surface area contributed by atoms with Crippen molar-refractivity contribution < 1.29 is 8.81 Å². The number of nitrogens with one attached hydrogen (secondary N) is 1. The highest BCUT2D eigenvalue weighted by atomic mass is 79.9. The minimum atomic E-state index is -0.304. The minimum absolute atomic E-state index is 0.302. The molecule has 0 saturated carbocycles. The zero-order chi connectivity index (χ0) is 11.5. The average Bonchev–Trinajstić information content (AvgIpc) is 2.78. The second kappa shape index (κ2) is 4.78. The molecule has 2 aromatic rings. The van der Waals surface area contributed by atoms with Crippen molar-refractivity contribution in [3.63, 3.8) is 0 Å². The Balaban J connectivity index is 2.44. The van der Waals surface area contributed by atoms with Crippen LogP contribution in [0, 0.1) is 5.82 Å². The van der Waals surface area contributed by atoms with Crippen LogP contribution in [-0.4, -0.2) is 0 Å². The Labute approximate surface area is 101 Å². The van der Waals surface area contributed by atoms with E-state index in [0.29, 0.717) is 0 Å². The van der Waals surface area contributed by atoms with Gasteiger partial charge in [0.2, 0.25) is 0 Å². The highest BCUT2D eigenvalue weighted by Crippen LogP contribution is 2.28. The van der Waals surface area contributed by atoms with Crippen molar-refractivity contribution in [2.75, 3.05) is 0 Å². The molecule has 1 heterocycles. The molecule has 16 heavy (non-hydrogen) atoms. The van der Waals surface area contributed by atoms with Gasteiger partial charge in [-0.25, -0.2) is 9.82 Å². The summed E-state index contributed by atoms with van der Waals surface area (Å²) in [5.74, 6) is 5.18. The van der Waals surface area contributed by atoms with Gasteiger partial charge >= 0.3 is 0 Å². The van der Waals surface area contributed by atoms with E-state index < -0.39 is 0 Å². The molecule has 1 aromatic carbocycles. The van der Waals surface area contributed by atoms with Crippen LogP contribution in [0.3, 0.4) is 0 Å². The first kappa shape index (κ1) is 11.3. The topological polar surface area (TPSA) is 51.2 Å². The van der Waals surface area contributed by atoms with Crippen LogP contribution in [-0.2, 0) is 0 Å². The van der Waals surface area contributed by atoms with Crippen LogP contribution in [0.4, 0.5) is 4.39 Å². The van der Waals surface area contributed by atoms with E-state index >= 15 is 0 Å². The zero-order valence-corrected chi connectivity index (χ0v) is 9.87. The fourth-order valence-electron chi connectivity index (χ4n) is 1.54. The van der Waals surface area contributed by atoms with Crippen LogP contribution < -0.4 is 11.3 Å². The van der Waals surface area contributed by atoms with Crippen molar-refractivity contribution in [3.05, 3.63) is 58.2 Å². The Kier molecular flexibility index (Phi) is 3.38. The summed E-state index contributed by atoms with van der Waals surface area (Å²) < 4.78 is 18.9. The number of halogens is 2. The molecule has 0 spiro atoms. The lowest BCUT2D eigenvalue weighted by Gasteiger charge is -2.16. The first-order chi connectivity index (χ1) is 7.72. The van der Waals surface area contributed by atoms with Gasteiger partial charge in [-0.1, -0.05) is 15.9 Å². The van der Waals surface area contributed by atoms with Crippen molar-refractivity contribution in [2.24, 2.45) is 5.84 Å². The number of nitrogens with two attached hydrogens (primary N) is 1. The maximum absolute atomic E-state index is 13.2. The van der Waals surface area contributed by atoms with E-state index in [1.54, 1.807) is 24.7 Å². The average molecular weight is 285 g/mol. The van der Waals surface area contributed by atoms with Gasteiger partial charge < -0.3 is 4.42 Å². The van der Waals surface area contributed by atoms with E-state index in [-0.39, 0.29) is 11.9 Å². The summed E-state index contributed by atoms with van der Waals surface area (Å²) >= 11 is 3.36. The summed E-state index contributed by atoms with van der Waals surface area (Å²) in [6.07, 6.45) is 3.12. The summed E-state index contributed by atoms with van der Waals surface area (Å²) in [6.45, 7) is 0. The molecule has 1 unspecified atom stereocenters. The molecule has 84 valence electrons. The minimum Gasteiger partial charge on any atom is -0.472 e. The maximum atomic E-state index is 13.2.